The molecular formula is C30H33F3N6O4S. The number of piperidine rings is 1. The molecule has 1 N–H and O–H groups in total. The van der Waals surface area contributed by atoms with Gasteiger partial charge in [-0.1, -0.05) is 37.4 Å². The number of sulfone groups is 1. The number of amides is 1. The van der Waals surface area contributed by atoms with E-state index in [1.54, 1.807) is 34.1 Å². The van der Waals surface area contributed by atoms with Crippen molar-refractivity contribution in [3.8, 4) is 16.9 Å². The Hall–Kier alpha value is -4.46. The highest BCUT2D eigenvalue weighted by atomic mass is 32.2. The molecule has 14 heteroatoms. The van der Waals surface area contributed by atoms with Gasteiger partial charge in [0.1, 0.15) is 17.7 Å². The molecule has 0 unspecified atom stereocenters. The molecule has 0 aliphatic carbocycles. The number of hydrogen-bond donors (Lipinski definition) is 1. The van der Waals surface area contributed by atoms with Gasteiger partial charge in [0.05, 0.1) is 11.4 Å². The number of fused-ring (bicyclic) bond motifs is 1. The lowest BCUT2D eigenvalue weighted by Crippen LogP contribution is -2.41. The number of carbonyl (C=O) groups excluding carboxylic acids is 1. The van der Waals surface area contributed by atoms with Crippen molar-refractivity contribution in [3.05, 3.63) is 85.5 Å². The van der Waals surface area contributed by atoms with Crippen molar-refractivity contribution >= 4 is 21.6 Å². The maximum atomic E-state index is 12.5. The molecule has 234 valence electrons. The molecule has 0 bridgehead atoms. The Labute approximate surface area is 253 Å². The van der Waals surface area contributed by atoms with Gasteiger partial charge in [0.2, 0.25) is 11.7 Å². The quantitative estimate of drug-likeness (QED) is 0.240. The number of benzene rings is 2. The van der Waals surface area contributed by atoms with Gasteiger partial charge in [-0.25, -0.2) is 8.42 Å². The van der Waals surface area contributed by atoms with Gasteiger partial charge in [0.25, 0.3) is 0 Å². The molecule has 1 saturated heterocycles. The number of rotatable bonds is 6. The Morgan fingerprint density at radius 1 is 0.932 bits per heavy atom. The van der Waals surface area contributed by atoms with E-state index in [2.05, 4.69) is 23.4 Å². The van der Waals surface area contributed by atoms with Crippen LogP contribution in [0.1, 0.15) is 24.5 Å². The fourth-order valence-electron chi connectivity index (χ4n) is 4.84. The zero-order chi connectivity index (χ0) is 32.1. The second kappa shape index (κ2) is 13.5. The van der Waals surface area contributed by atoms with Crippen molar-refractivity contribution in [2.24, 2.45) is 0 Å². The second-order valence-corrected chi connectivity index (χ2v) is 12.3. The maximum absolute atomic E-state index is 12.5. The third-order valence-corrected chi connectivity index (χ3v) is 8.37. The first-order chi connectivity index (χ1) is 20.8. The van der Waals surface area contributed by atoms with Crippen LogP contribution in [0.5, 0.6) is 5.75 Å². The SMILES string of the molecule is C=CC(=N)N1CCn2c(nnc2C(F)(F)F)C1.C=CC(=O)N1CCC(Oc2ccc(-c3ccc(S(C)(=O)=O)cc3)cc2)CC1. The number of likely N-dealkylation sites (tertiary alicyclic amines) is 1. The van der Waals surface area contributed by atoms with E-state index in [9.17, 15) is 26.4 Å². The molecule has 1 amide bonds. The van der Waals surface area contributed by atoms with E-state index in [1.807, 2.05) is 24.3 Å². The van der Waals surface area contributed by atoms with Crippen LogP contribution in [0.4, 0.5) is 13.2 Å². The number of amidine groups is 1. The molecule has 5 rings (SSSR count). The van der Waals surface area contributed by atoms with Crippen molar-refractivity contribution < 1.29 is 31.1 Å². The second-order valence-electron chi connectivity index (χ2n) is 10.3. The Balaban J connectivity index is 0.000000223. The summed E-state index contributed by atoms with van der Waals surface area (Å²) < 4.78 is 67.8. The van der Waals surface area contributed by atoms with Crippen LogP contribution in [-0.2, 0) is 33.9 Å². The van der Waals surface area contributed by atoms with Gasteiger partial charge < -0.3 is 19.1 Å². The standard InChI is InChI=1S/C21H23NO4S.C9H10F3N5/c1-3-21(23)22-14-12-19(13-15-22)26-18-8-4-16(5-9-18)17-6-10-20(11-7-17)27(2,24)25;1-2-6(13)16-3-4-17-7(5-16)14-15-8(17)9(10,11)12/h3-11,19H,1,12-15H2,2H3;2,13H,1,3-5H2. The van der Waals surface area contributed by atoms with Crippen molar-refractivity contribution in [2.45, 2.75) is 43.1 Å². The number of hydrogen-bond acceptors (Lipinski definition) is 7. The molecule has 0 saturated carbocycles. The average molecular weight is 631 g/mol. The lowest BCUT2D eigenvalue weighted by Gasteiger charge is -2.31. The number of nitrogens with one attached hydrogen (secondary N) is 1. The van der Waals surface area contributed by atoms with Crippen molar-refractivity contribution in [1.82, 2.24) is 24.6 Å². The van der Waals surface area contributed by atoms with Crippen LogP contribution >= 0.6 is 0 Å². The zero-order valence-corrected chi connectivity index (χ0v) is 24.9. The molecule has 3 heterocycles. The van der Waals surface area contributed by atoms with Crippen LogP contribution < -0.4 is 4.74 Å². The van der Waals surface area contributed by atoms with Gasteiger partial charge in [0, 0.05) is 45.3 Å². The molecular weight excluding hydrogens is 597 g/mol. The monoisotopic (exact) mass is 630 g/mol. The third-order valence-electron chi connectivity index (χ3n) is 7.24. The van der Waals surface area contributed by atoms with Gasteiger partial charge >= 0.3 is 6.18 Å². The van der Waals surface area contributed by atoms with Crippen LogP contribution in [0.3, 0.4) is 0 Å². The van der Waals surface area contributed by atoms with Gasteiger partial charge in [-0.2, -0.15) is 13.2 Å². The minimum atomic E-state index is -4.49. The highest BCUT2D eigenvalue weighted by molar-refractivity contribution is 7.90. The summed E-state index contributed by atoms with van der Waals surface area (Å²) in [6.07, 6.45) is 1.10. The first kappa shape index (κ1) is 32.5. The van der Waals surface area contributed by atoms with Crippen molar-refractivity contribution in [3.63, 3.8) is 0 Å². The molecule has 3 aromatic rings. The lowest BCUT2D eigenvalue weighted by atomic mass is 10.1. The minimum Gasteiger partial charge on any atom is -0.490 e. The normalized spacial score (nSPS) is 15.5. The molecule has 0 spiro atoms. The highest BCUT2D eigenvalue weighted by Gasteiger charge is 2.39. The van der Waals surface area contributed by atoms with E-state index in [1.165, 1.54) is 18.4 Å². The van der Waals surface area contributed by atoms with Gasteiger partial charge in [-0.3, -0.25) is 10.2 Å². The van der Waals surface area contributed by atoms with E-state index in [-0.39, 0.29) is 36.8 Å². The molecule has 1 fully saturated rings. The average Bonchev–Trinajstić information content (AvgIpc) is 3.45. The van der Waals surface area contributed by atoms with Gasteiger partial charge in [-0.15, -0.1) is 10.2 Å². The Bertz CT molecular complexity index is 1610. The molecule has 2 aromatic carbocycles. The van der Waals surface area contributed by atoms with E-state index >= 15 is 0 Å². The highest BCUT2D eigenvalue weighted by Crippen LogP contribution is 2.29. The first-order valence-corrected chi connectivity index (χ1v) is 15.6. The van der Waals surface area contributed by atoms with E-state index in [0.29, 0.717) is 24.5 Å². The summed E-state index contributed by atoms with van der Waals surface area (Å²) in [5, 5.41) is 14.2. The Kier molecular flexibility index (Phi) is 9.92. The fraction of sp³-hybridized carbons (Fsp3) is 0.333. The number of halogens is 3. The number of alkyl halides is 3. The van der Waals surface area contributed by atoms with Crippen LogP contribution in [0.2, 0.25) is 0 Å². The predicted molar refractivity (Wildman–Crippen MR) is 159 cm³/mol. The van der Waals surface area contributed by atoms with E-state index in [4.69, 9.17) is 10.1 Å². The summed E-state index contributed by atoms with van der Waals surface area (Å²) in [4.78, 5) is 15.3. The number of aromatic nitrogens is 3. The topological polar surface area (TPSA) is 121 Å². The molecule has 10 nitrogen and oxygen atoms in total. The van der Waals surface area contributed by atoms with Crippen LogP contribution in [0.15, 0.2) is 78.7 Å². The minimum absolute atomic E-state index is 0.0281. The third kappa shape index (κ3) is 7.92. The van der Waals surface area contributed by atoms with Crippen LogP contribution in [0.25, 0.3) is 11.1 Å². The zero-order valence-electron chi connectivity index (χ0n) is 24.1. The smallest absolute Gasteiger partial charge is 0.451 e. The fourth-order valence-corrected chi connectivity index (χ4v) is 5.47. The summed E-state index contributed by atoms with van der Waals surface area (Å²) in [5.41, 5.74) is 1.94. The molecule has 2 aliphatic heterocycles. The van der Waals surface area contributed by atoms with Crippen molar-refractivity contribution in [1.29, 1.82) is 5.41 Å². The molecule has 0 atom stereocenters. The summed E-state index contributed by atoms with van der Waals surface area (Å²) in [6.45, 7) is 8.91. The summed E-state index contributed by atoms with van der Waals surface area (Å²) >= 11 is 0. The maximum Gasteiger partial charge on any atom is 0.451 e. The van der Waals surface area contributed by atoms with Crippen LogP contribution in [0, 0.1) is 5.41 Å². The van der Waals surface area contributed by atoms with E-state index in [0.717, 1.165) is 34.3 Å². The number of ether oxygens (including phenoxy) is 1. The van der Waals surface area contributed by atoms with Gasteiger partial charge in [-0.05, 0) is 47.5 Å². The number of carbonyl (C=O) groups is 1. The van der Waals surface area contributed by atoms with E-state index < -0.39 is 21.8 Å². The summed E-state index contributed by atoms with van der Waals surface area (Å²) in [7, 11) is -3.19. The Morgan fingerprint density at radius 3 is 2.05 bits per heavy atom. The van der Waals surface area contributed by atoms with Crippen LogP contribution in [-0.4, -0.2) is 76.7 Å². The molecule has 2 aliphatic rings. The largest absolute Gasteiger partial charge is 0.490 e. The predicted octanol–water partition coefficient (Wildman–Crippen LogP) is 4.59. The molecule has 44 heavy (non-hydrogen) atoms. The van der Waals surface area contributed by atoms with Gasteiger partial charge in [0.15, 0.2) is 15.7 Å². The first-order valence-electron chi connectivity index (χ1n) is 13.7. The number of nitrogens with zero attached hydrogens (tertiary/aromatic N) is 5. The van der Waals surface area contributed by atoms with Crippen molar-refractivity contribution in [2.75, 3.05) is 25.9 Å². The lowest BCUT2D eigenvalue weighted by molar-refractivity contribution is -0.147. The molecule has 0 radical (unpaired) electrons. The summed E-state index contributed by atoms with van der Waals surface area (Å²) in [5.74, 6) is 0.181. The molecule has 1 aromatic heterocycles. The summed E-state index contributed by atoms with van der Waals surface area (Å²) in [6, 6.07) is 14.6. The Morgan fingerprint density at radius 2 is 1.52 bits per heavy atom.